The van der Waals surface area contributed by atoms with Crippen LogP contribution >= 0.6 is 0 Å². The maximum atomic E-state index is 13.1. The van der Waals surface area contributed by atoms with E-state index in [0.717, 1.165) is 38.5 Å². The minimum atomic E-state index is -3.68. The minimum absolute atomic E-state index is 0.0695. The molecule has 0 radical (unpaired) electrons. The van der Waals surface area contributed by atoms with Crippen LogP contribution in [0.15, 0.2) is 23.1 Å². The van der Waals surface area contributed by atoms with Crippen molar-refractivity contribution in [2.75, 3.05) is 26.7 Å². The number of rotatable bonds is 7. The molecule has 0 saturated carbocycles. The van der Waals surface area contributed by atoms with Gasteiger partial charge in [0.15, 0.2) is 0 Å². The molecule has 1 aromatic carbocycles. The number of nitrogens with one attached hydrogen (secondary N) is 1. The average molecular weight is 368 g/mol. The molecule has 140 valence electrons. The van der Waals surface area contributed by atoms with E-state index < -0.39 is 10.0 Å². The van der Waals surface area contributed by atoms with E-state index in [1.165, 1.54) is 17.5 Å². The van der Waals surface area contributed by atoms with Gasteiger partial charge in [-0.05, 0) is 37.5 Å². The lowest BCUT2D eigenvalue weighted by Crippen LogP contribution is -2.32. The first kappa shape index (κ1) is 19.7. The van der Waals surface area contributed by atoms with Gasteiger partial charge < -0.3 is 10.1 Å². The van der Waals surface area contributed by atoms with E-state index in [2.05, 4.69) is 5.32 Å². The third kappa shape index (κ3) is 4.95. The molecule has 0 unspecified atom stereocenters. The second-order valence-electron chi connectivity index (χ2n) is 6.29. The summed E-state index contributed by atoms with van der Waals surface area (Å²) >= 11 is 0. The molecule has 7 heteroatoms. The van der Waals surface area contributed by atoms with E-state index in [9.17, 15) is 13.2 Å². The van der Waals surface area contributed by atoms with Gasteiger partial charge in [-0.1, -0.05) is 26.2 Å². The Bertz CT molecular complexity index is 680. The van der Waals surface area contributed by atoms with Gasteiger partial charge in [0.05, 0.1) is 7.11 Å². The lowest BCUT2D eigenvalue weighted by atomic mass is 10.2. The molecule has 1 aliphatic rings. The van der Waals surface area contributed by atoms with Gasteiger partial charge >= 0.3 is 0 Å². The highest BCUT2D eigenvalue weighted by atomic mass is 32.2. The third-order valence-electron chi connectivity index (χ3n) is 4.42. The Morgan fingerprint density at radius 3 is 2.48 bits per heavy atom. The monoisotopic (exact) mass is 368 g/mol. The van der Waals surface area contributed by atoms with Gasteiger partial charge in [0, 0.05) is 25.2 Å². The van der Waals surface area contributed by atoms with Crippen molar-refractivity contribution in [1.29, 1.82) is 0 Å². The van der Waals surface area contributed by atoms with Crippen molar-refractivity contribution in [1.82, 2.24) is 9.62 Å². The maximum absolute atomic E-state index is 13.1. The summed E-state index contributed by atoms with van der Waals surface area (Å²) < 4.78 is 32.9. The molecule has 1 heterocycles. The van der Waals surface area contributed by atoms with Crippen molar-refractivity contribution in [3.05, 3.63) is 23.8 Å². The highest BCUT2D eigenvalue weighted by Crippen LogP contribution is 2.29. The molecule has 1 N–H and O–H groups in total. The Kier molecular flexibility index (Phi) is 7.25. The average Bonchev–Trinajstić information content (AvgIpc) is 2.91. The van der Waals surface area contributed by atoms with E-state index in [4.69, 9.17) is 4.74 Å². The largest absolute Gasteiger partial charge is 0.495 e. The van der Waals surface area contributed by atoms with Crippen molar-refractivity contribution in [3.63, 3.8) is 0 Å². The summed E-state index contributed by atoms with van der Waals surface area (Å²) in [7, 11) is -2.24. The quantitative estimate of drug-likeness (QED) is 0.751. The lowest BCUT2D eigenvalue weighted by molar-refractivity contribution is 0.0953. The van der Waals surface area contributed by atoms with Crippen molar-refractivity contribution >= 4 is 15.9 Å². The summed E-state index contributed by atoms with van der Waals surface area (Å²) in [5, 5.41) is 2.82. The van der Waals surface area contributed by atoms with Crippen LogP contribution in [0, 0.1) is 0 Å². The highest BCUT2D eigenvalue weighted by Gasteiger charge is 2.29. The first-order chi connectivity index (χ1) is 12.0. The smallest absolute Gasteiger partial charge is 0.251 e. The van der Waals surface area contributed by atoms with Crippen LogP contribution in [0.3, 0.4) is 0 Å². The number of amides is 1. The van der Waals surface area contributed by atoms with E-state index in [1.54, 1.807) is 12.1 Å². The predicted octanol–water partition coefficient (Wildman–Crippen LogP) is 2.79. The van der Waals surface area contributed by atoms with Crippen LogP contribution < -0.4 is 10.1 Å². The van der Waals surface area contributed by atoms with Gasteiger partial charge in [-0.25, -0.2) is 8.42 Å². The summed E-state index contributed by atoms with van der Waals surface area (Å²) in [4.78, 5) is 12.3. The fourth-order valence-corrected chi connectivity index (χ4v) is 4.62. The number of hydrogen-bond donors (Lipinski definition) is 1. The molecule has 25 heavy (non-hydrogen) atoms. The Morgan fingerprint density at radius 1 is 1.20 bits per heavy atom. The first-order valence-electron chi connectivity index (χ1n) is 8.97. The number of ether oxygens (including phenoxy) is 1. The van der Waals surface area contributed by atoms with Gasteiger partial charge in [-0.2, -0.15) is 4.31 Å². The van der Waals surface area contributed by atoms with Crippen LogP contribution in [-0.2, 0) is 10.0 Å². The molecule has 0 spiro atoms. The molecule has 0 bridgehead atoms. The van der Waals surface area contributed by atoms with Gasteiger partial charge in [-0.3, -0.25) is 4.79 Å². The third-order valence-corrected chi connectivity index (χ3v) is 6.34. The summed E-state index contributed by atoms with van der Waals surface area (Å²) in [5.74, 6) is 0.0118. The van der Waals surface area contributed by atoms with Gasteiger partial charge in [0.1, 0.15) is 10.6 Å². The molecular formula is C18H28N2O4S. The van der Waals surface area contributed by atoms with Crippen molar-refractivity contribution in [2.24, 2.45) is 0 Å². The van der Waals surface area contributed by atoms with Crippen molar-refractivity contribution in [2.45, 2.75) is 50.3 Å². The normalized spacial score (nSPS) is 16.2. The van der Waals surface area contributed by atoms with Crippen molar-refractivity contribution in [3.8, 4) is 5.75 Å². The number of unbranched alkanes of at least 4 members (excludes halogenated alkanes) is 1. The molecule has 6 nitrogen and oxygen atoms in total. The van der Waals surface area contributed by atoms with Crippen molar-refractivity contribution < 1.29 is 17.9 Å². The van der Waals surface area contributed by atoms with Gasteiger partial charge in [0.25, 0.3) is 5.91 Å². The molecule has 0 aliphatic carbocycles. The number of benzene rings is 1. The summed E-state index contributed by atoms with van der Waals surface area (Å²) in [6.07, 6.45) is 5.68. The van der Waals surface area contributed by atoms with E-state index in [0.29, 0.717) is 25.2 Å². The number of sulfonamides is 1. The SMILES string of the molecule is CCCCNC(=O)c1ccc(OC)c(S(=O)(=O)N2CCCCCC2)c1. The van der Waals surface area contributed by atoms with Crippen LogP contribution in [0.1, 0.15) is 55.8 Å². The molecule has 0 aromatic heterocycles. The Labute approximate surface area is 150 Å². The number of carbonyl (C=O) groups excluding carboxylic acids is 1. The molecule has 0 atom stereocenters. The zero-order chi connectivity index (χ0) is 18.3. The summed E-state index contributed by atoms with van der Waals surface area (Å²) in [6.45, 7) is 3.65. The van der Waals surface area contributed by atoms with Crippen LogP contribution in [0.2, 0.25) is 0 Å². The summed E-state index contributed by atoms with van der Waals surface area (Å²) in [6, 6.07) is 4.58. The fourth-order valence-electron chi connectivity index (χ4n) is 2.92. The predicted molar refractivity (Wildman–Crippen MR) is 97.5 cm³/mol. The Balaban J connectivity index is 2.30. The Hall–Kier alpha value is -1.60. The number of methoxy groups -OCH3 is 1. The van der Waals surface area contributed by atoms with E-state index >= 15 is 0 Å². The zero-order valence-corrected chi connectivity index (χ0v) is 15.9. The second-order valence-corrected chi connectivity index (χ2v) is 8.20. The summed E-state index contributed by atoms with van der Waals surface area (Å²) in [5.41, 5.74) is 0.338. The molecule has 2 rings (SSSR count). The molecule has 1 saturated heterocycles. The van der Waals surface area contributed by atoms with Crippen LogP contribution in [-0.4, -0.2) is 45.4 Å². The lowest BCUT2D eigenvalue weighted by Gasteiger charge is -2.21. The topological polar surface area (TPSA) is 75.7 Å². The molecule has 1 aromatic rings. The molecular weight excluding hydrogens is 340 g/mol. The van der Waals surface area contributed by atoms with E-state index in [1.807, 2.05) is 6.92 Å². The van der Waals surface area contributed by atoms with Crippen LogP contribution in [0.4, 0.5) is 0 Å². The number of nitrogens with zero attached hydrogens (tertiary/aromatic N) is 1. The van der Waals surface area contributed by atoms with Gasteiger partial charge in [0.2, 0.25) is 10.0 Å². The number of carbonyl (C=O) groups is 1. The van der Waals surface area contributed by atoms with E-state index in [-0.39, 0.29) is 16.6 Å². The zero-order valence-electron chi connectivity index (χ0n) is 15.1. The molecule has 1 fully saturated rings. The molecule has 1 aliphatic heterocycles. The first-order valence-corrected chi connectivity index (χ1v) is 10.4. The number of hydrogen-bond acceptors (Lipinski definition) is 4. The van der Waals surface area contributed by atoms with Crippen LogP contribution in [0.5, 0.6) is 5.75 Å². The molecule has 1 amide bonds. The highest BCUT2D eigenvalue weighted by molar-refractivity contribution is 7.89. The Morgan fingerprint density at radius 2 is 1.88 bits per heavy atom. The fraction of sp³-hybridized carbons (Fsp3) is 0.611. The maximum Gasteiger partial charge on any atom is 0.251 e. The van der Waals surface area contributed by atoms with Crippen LogP contribution in [0.25, 0.3) is 0 Å². The minimum Gasteiger partial charge on any atom is -0.495 e. The second kappa shape index (κ2) is 9.20. The standard InChI is InChI=1S/C18H28N2O4S/c1-3-4-11-19-18(21)15-9-10-16(24-2)17(14-15)25(22,23)20-12-7-5-6-8-13-20/h9-10,14H,3-8,11-13H2,1-2H3,(H,19,21). The van der Waals surface area contributed by atoms with Gasteiger partial charge in [-0.15, -0.1) is 0 Å².